The molecule has 0 spiro atoms. The van der Waals surface area contributed by atoms with Gasteiger partial charge in [-0.15, -0.1) is 0 Å². The number of pyridine rings is 1. The number of nitrogen functional groups attached to an aromatic ring is 2. The summed E-state index contributed by atoms with van der Waals surface area (Å²) in [6.07, 6.45) is 1.71. The van der Waals surface area contributed by atoms with Gasteiger partial charge >= 0.3 is 0 Å². The van der Waals surface area contributed by atoms with Gasteiger partial charge in [-0.25, -0.2) is 0 Å². The van der Waals surface area contributed by atoms with Crippen LogP contribution >= 0.6 is 0 Å². The zero-order chi connectivity index (χ0) is 7.84. The van der Waals surface area contributed by atoms with E-state index in [1.807, 2.05) is 18.2 Å². The third-order valence-corrected chi connectivity index (χ3v) is 1.80. The van der Waals surface area contributed by atoms with Crippen LogP contribution in [0.4, 0.5) is 11.4 Å². The second-order valence-corrected chi connectivity index (χ2v) is 2.51. The third kappa shape index (κ3) is 0.741. The number of aromatic amines is 1. The Morgan fingerprint density at radius 2 is 2.00 bits per heavy atom. The number of hydrogen-bond acceptors (Lipinski definition) is 2. The third-order valence-electron chi connectivity index (χ3n) is 1.80. The lowest BCUT2D eigenvalue weighted by molar-refractivity contribution is 1.35. The first-order chi connectivity index (χ1) is 5.29. The van der Waals surface area contributed by atoms with Crippen LogP contribution in [0.5, 0.6) is 0 Å². The maximum atomic E-state index is 5.72. The summed E-state index contributed by atoms with van der Waals surface area (Å²) in [5.41, 5.74) is 14.6. The monoisotopic (exact) mass is 147 g/mol. The zero-order valence-electron chi connectivity index (χ0n) is 5.96. The van der Waals surface area contributed by atoms with Gasteiger partial charge in [0.2, 0.25) is 0 Å². The van der Waals surface area contributed by atoms with Crippen LogP contribution in [-0.2, 0) is 0 Å². The van der Waals surface area contributed by atoms with E-state index < -0.39 is 0 Å². The van der Waals surface area contributed by atoms with E-state index in [1.165, 1.54) is 0 Å². The van der Waals surface area contributed by atoms with Crippen LogP contribution in [0.15, 0.2) is 24.4 Å². The lowest BCUT2D eigenvalue weighted by atomic mass is 10.2. The molecule has 0 fully saturated rings. The molecular weight excluding hydrogens is 138 g/mol. The van der Waals surface area contributed by atoms with Crippen molar-refractivity contribution < 1.29 is 0 Å². The molecule has 11 heavy (non-hydrogen) atoms. The van der Waals surface area contributed by atoms with Gasteiger partial charge in [0.05, 0.1) is 11.4 Å². The van der Waals surface area contributed by atoms with Gasteiger partial charge in [0.15, 0.2) is 0 Å². The van der Waals surface area contributed by atoms with E-state index in [1.54, 1.807) is 6.20 Å². The highest BCUT2D eigenvalue weighted by atomic mass is 14.8. The number of hydrogen-bond donors (Lipinski definition) is 3. The van der Waals surface area contributed by atoms with Gasteiger partial charge < -0.3 is 16.5 Å². The fourth-order valence-corrected chi connectivity index (χ4v) is 1.17. The van der Waals surface area contributed by atoms with Gasteiger partial charge in [-0.05, 0) is 6.07 Å². The molecule has 0 aromatic rings. The molecule has 3 nitrogen and oxygen atoms in total. The first-order valence-corrected chi connectivity index (χ1v) is 3.40. The molecule has 1 aliphatic carbocycles. The molecule has 5 N–H and O–H groups in total. The first kappa shape index (κ1) is 6.09. The summed E-state index contributed by atoms with van der Waals surface area (Å²) in [6.45, 7) is 0. The molecule has 56 valence electrons. The molecule has 0 atom stereocenters. The lowest BCUT2D eigenvalue weighted by Crippen LogP contribution is -1.98. The molecule has 2 rings (SSSR count). The van der Waals surface area contributed by atoms with Crippen molar-refractivity contribution >= 4 is 11.4 Å². The fraction of sp³-hybridized carbons (Fsp3) is 0. The van der Waals surface area contributed by atoms with Gasteiger partial charge in [0.25, 0.3) is 0 Å². The largest absolute Gasteiger partial charge is 0.396 e. The Hall–Kier alpha value is -1.64. The SMILES string of the molecule is Nc1c[nH]c2cccc-2c1N. The predicted octanol–water partition coefficient (Wildman–Crippen LogP) is 1.28. The van der Waals surface area contributed by atoms with E-state index in [4.69, 9.17) is 11.5 Å². The van der Waals surface area contributed by atoms with Crippen molar-refractivity contribution in [1.29, 1.82) is 0 Å². The summed E-state index contributed by atoms with van der Waals surface area (Å²) in [7, 11) is 0. The Balaban J connectivity index is 2.81. The molecule has 0 aromatic heterocycles. The summed E-state index contributed by atoms with van der Waals surface area (Å²) >= 11 is 0. The summed E-state index contributed by atoms with van der Waals surface area (Å²) < 4.78 is 0. The highest BCUT2D eigenvalue weighted by Crippen LogP contribution is 2.30. The molecule has 0 unspecified atom stereocenters. The van der Waals surface area contributed by atoms with Gasteiger partial charge in [-0.1, -0.05) is 12.1 Å². The van der Waals surface area contributed by atoms with Crippen LogP contribution in [0.1, 0.15) is 0 Å². The number of nitrogens with one attached hydrogen (secondary N) is 1. The molecule has 0 saturated carbocycles. The Bertz CT molecular complexity index is 351. The number of anilines is 2. The van der Waals surface area contributed by atoms with Gasteiger partial charge in [-0.2, -0.15) is 0 Å². The maximum Gasteiger partial charge on any atom is 0.0717 e. The molecular formula is C8H9N3. The van der Waals surface area contributed by atoms with Crippen molar-refractivity contribution in [3.8, 4) is 11.3 Å². The van der Waals surface area contributed by atoms with Crippen molar-refractivity contribution in [1.82, 2.24) is 4.98 Å². The van der Waals surface area contributed by atoms with Crippen molar-refractivity contribution in [2.75, 3.05) is 11.5 Å². The van der Waals surface area contributed by atoms with Gasteiger partial charge in [-0.3, -0.25) is 0 Å². The van der Waals surface area contributed by atoms with Gasteiger partial charge in [0.1, 0.15) is 0 Å². The fourth-order valence-electron chi connectivity index (χ4n) is 1.17. The molecule has 1 heterocycles. The summed E-state index contributed by atoms with van der Waals surface area (Å²) in [6, 6.07) is 5.85. The van der Waals surface area contributed by atoms with Crippen molar-refractivity contribution in [2.24, 2.45) is 0 Å². The van der Waals surface area contributed by atoms with E-state index in [0.29, 0.717) is 11.4 Å². The van der Waals surface area contributed by atoms with Crippen LogP contribution in [-0.4, -0.2) is 4.98 Å². The molecule has 3 heteroatoms. The standard InChI is InChI=1S/C8H9N3/c9-6-4-11-7-3-1-2-5(7)8(6)10/h1-4,11H,9-10H2. The molecule has 0 aromatic carbocycles. The molecule has 0 amide bonds. The topological polar surface area (TPSA) is 67.8 Å². The second kappa shape index (κ2) is 1.92. The molecule has 0 radical (unpaired) electrons. The van der Waals surface area contributed by atoms with Crippen molar-refractivity contribution in [3.05, 3.63) is 24.4 Å². The highest BCUT2D eigenvalue weighted by molar-refractivity contribution is 5.83. The van der Waals surface area contributed by atoms with E-state index in [9.17, 15) is 0 Å². The first-order valence-electron chi connectivity index (χ1n) is 3.40. The van der Waals surface area contributed by atoms with E-state index in [0.717, 1.165) is 11.3 Å². The minimum atomic E-state index is 0.601. The van der Waals surface area contributed by atoms with Crippen molar-refractivity contribution in [2.45, 2.75) is 0 Å². The number of fused-ring (bicyclic) bond motifs is 1. The number of rotatable bonds is 0. The quantitative estimate of drug-likeness (QED) is 0.525. The average Bonchev–Trinajstić information content (AvgIpc) is 2.45. The molecule has 0 saturated heterocycles. The number of nitrogens with two attached hydrogens (primary N) is 2. The van der Waals surface area contributed by atoms with Crippen LogP contribution in [0.25, 0.3) is 11.3 Å². The van der Waals surface area contributed by atoms with Crippen LogP contribution in [0, 0.1) is 0 Å². The number of aromatic nitrogens is 1. The van der Waals surface area contributed by atoms with E-state index >= 15 is 0 Å². The Labute approximate surface area is 64.4 Å². The molecule has 0 bridgehead atoms. The predicted molar refractivity (Wildman–Crippen MR) is 46.2 cm³/mol. The maximum absolute atomic E-state index is 5.72. The Kier molecular flexibility index (Phi) is 1.06. The van der Waals surface area contributed by atoms with Gasteiger partial charge in [0, 0.05) is 17.5 Å². The average molecular weight is 147 g/mol. The Morgan fingerprint density at radius 3 is 2.82 bits per heavy atom. The lowest BCUT2D eigenvalue weighted by Gasteiger charge is -2.05. The number of H-pyrrole nitrogens is 1. The minimum Gasteiger partial charge on any atom is -0.396 e. The van der Waals surface area contributed by atoms with E-state index in [-0.39, 0.29) is 0 Å². The molecule has 1 aliphatic heterocycles. The van der Waals surface area contributed by atoms with Crippen LogP contribution < -0.4 is 11.5 Å². The van der Waals surface area contributed by atoms with Crippen LogP contribution in [0.3, 0.4) is 0 Å². The zero-order valence-corrected chi connectivity index (χ0v) is 5.96. The Morgan fingerprint density at radius 1 is 1.18 bits per heavy atom. The van der Waals surface area contributed by atoms with Crippen molar-refractivity contribution in [3.63, 3.8) is 0 Å². The smallest absolute Gasteiger partial charge is 0.0717 e. The van der Waals surface area contributed by atoms with Crippen LogP contribution in [0.2, 0.25) is 0 Å². The normalized spacial score (nSPS) is 10.5. The highest BCUT2D eigenvalue weighted by Gasteiger charge is 2.06. The minimum absolute atomic E-state index is 0.601. The molecule has 2 aliphatic rings. The summed E-state index contributed by atoms with van der Waals surface area (Å²) in [5.74, 6) is 0. The summed E-state index contributed by atoms with van der Waals surface area (Å²) in [4.78, 5) is 3.03. The summed E-state index contributed by atoms with van der Waals surface area (Å²) in [5, 5.41) is 0. The van der Waals surface area contributed by atoms with E-state index in [2.05, 4.69) is 4.98 Å². The second-order valence-electron chi connectivity index (χ2n) is 2.51.